The molecular formula is C16H12FN3O3. The Morgan fingerprint density at radius 3 is 3.00 bits per heavy atom. The minimum absolute atomic E-state index is 0.0201. The highest BCUT2D eigenvalue weighted by molar-refractivity contribution is 6.05. The van der Waals surface area contributed by atoms with Crippen molar-refractivity contribution in [3.8, 4) is 0 Å². The van der Waals surface area contributed by atoms with Crippen molar-refractivity contribution in [2.45, 2.75) is 6.42 Å². The molecule has 0 atom stereocenters. The number of allylic oxidation sites excluding steroid dienone is 1. The summed E-state index contributed by atoms with van der Waals surface area (Å²) < 4.78 is 18.6. The zero-order valence-corrected chi connectivity index (χ0v) is 11.9. The maximum Gasteiger partial charge on any atom is 0.226 e. The summed E-state index contributed by atoms with van der Waals surface area (Å²) in [7, 11) is 0. The molecule has 2 heterocycles. The Morgan fingerprint density at radius 1 is 1.39 bits per heavy atom. The molecule has 0 amide bonds. The number of hydrogen-bond donors (Lipinski definition) is 2. The first-order chi connectivity index (χ1) is 11.1. The van der Waals surface area contributed by atoms with Gasteiger partial charge in [0.15, 0.2) is 5.82 Å². The van der Waals surface area contributed by atoms with Gasteiger partial charge in [-0.1, -0.05) is 12.1 Å². The van der Waals surface area contributed by atoms with Crippen LogP contribution in [0.3, 0.4) is 0 Å². The van der Waals surface area contributed by atoms with Gasteiger partial charge in [0.25, 0.3) is 0 Å². The number of aliphatic hydroxyl groups is 1. The van der Waals surface area contributed by atoms with Crippen LogP contribution in [0.15, 0.2) is 53.4 Å². The third kappa shape index (κ3) is 3.34. The van der Waals surface area contributed by atoms with Crippen molar-refractivity contribution >= 4 is 11.5 Å². The minimum Gasteiger partial charge on any atom is -0.507 e. The summed E-state index contributed by atoms with van der Waals surface area (Å²) >= 11 is 0. The van der Waals surface area contributed by atoms with Crippen molar-refractivity contribution in [2.75, 3.05) is 0 Å². The fraction of sp³-hybridized carbons (Fsp3) is 0.0625. The summed E-state index contributed by atoms with van der Waals surface area (Å²) in [6.07, 6.45) is 3.91. The van der Waals surface area contributed by atoms with Gasteiger partial charge < -0.3 is 9.52 Å². The molecule has 3 aromatic rings. The molecule has 0 aliphatic rings. The van der Waals surface area contributed by atoms with Gasteiger partial charge in [-0.3, -0.25) is 9.89 Å². The first-order valence-electron chi connectivity index (χ1n) is 6.75. The van der Waals surface area contributed by atoms with E-state index >= 15 is 0 Å². The molecule has 0 spiro atoms. The summed E-state index contributed by atoms with van der Waals surface area (Å²) in [5.74, 6) is -0.679. The molecule has 23 heavy (non-hydrogen) atoms. The number of furan rings is 1. The van der Waals surface area contributed by atoms with E-state index in [-0.39, 0.29) is 23.8 Å². The maximum absolute atomic E-state index is 13.2. The lowest BCUT2D eigenvalue weighted by molar-refractivity contribution is 0.103. The molecule has 0 aliphatic heterocycles. The fourth-order valence-electron chi connectivity index (χ4n) is 2.13. The van der Waals surface area contributed by atoms with Crippen LogP contribution in [0.2, 0.25) is 0 Å². The van der Waals surface area contributed by atoms with Gasteiger partial charge in [0.05, 0.1) is 11.8 Å². The summed E-state index contributed by atoms with van der Waals surface area (Å²) in [6.45, 7) is 0. The van der Waals surface area contributed by atoms with Gasteiger partial charge in [-0.15, -0.1) is 0 Å². The van der Waals surface area contributed by atoms with Crippen LogP contribution in [-0.2, 0) is 6.42 Å². The molecule has 0 radical (unpaired) electrons. The molecular weight excluding hydrogens is 301 g/mol. The smallest absolute Gasteiger partial charge is 0.226 e. The van der Waals surface area contributed by atoms with Crippen molar-refractivity contribution in [3.05, 3.63) is 77.5 Å². The zero-order valence-electron chi connectivity index (χ0n) is 11.9. The molecule has 1 aromatic carbocycles. The molecule has 0 unspecified atom stereocenters. The van der Waals surface area contributed by atoms with Gasteiger partial charge >= 0.3 is 0 Å². The van der Waals surface area contributed by atoms with Crippen LogP contribution in [0, 0.1) is 5.82 Å². The quantitative estimate of drug-likeness (QED) is 0.429. The normalized spacial score (nSPS) is 11.6. The summed E-state index contributed by atoms with van der Waals surface area (Å²) in [5.41, 5.74) is 1.05. The predicted octanol–water partition coefficient (Wildman–Crippen LogP) is 2.91. The van der Waals surface area contributed by atoms with E-state index in [0.717, 1.165) is 6.08 Å². The Morgan fingerprint density at radius 2 is 2.26 bits per heavy atom. The highest BCUT2D eigenvalue weighted by atomic mass is 19.1. The number of aromatic nitrogens is 3. The van der Waals surface area contributed by atoms with Gasteiger partial charge in [0.2, 0.25) is 5.78 Å². The topological polar surface area (TPSA) is 92.0 Å². The standard InChI is InChI=1S/C16H12FN3O3/c17-11-3-1-2-10(6-11)7-15-12(4-5-23-15)13(21)8-14(22)16-18-9-19-20-16/h1-6,8-9,21H,7H2,(H,18,19,20). The second-order valence-electron chi connectivity index (χ2n) is 4.79. The summed E-state index contributed by atoms with van der Waals surface area (Å²) in [4.78, 5) is 15.6. The largest absolute Gasteiger partial charge is 0.507 e. The Hall–Kier alpha value is -3.22. The number of benzene rings is 1. The molecule has 0 saturated carbocycles. The minimum atomic E-state index is -0.516. The fourth-order valence-corrected chi connectivity index (χ4v) is 2.13. The molecule has 116 valence electrons. The van der Waals surface area contributed by atoms with Gasteiger partial charge in [-0.25, -0.2) is 9.37 Å². The number of H-pyrrole nitrogens is 1. The second kappa shape index (κ2) is 6.27. The van der Waals surface area contributed by atoms with Crippen molar-refractivity contribution in [3.63, 3.8) is 0 Å². The molecule has 0 saturated heterocycles. The number of aromatic amines is 1. The van der Waals surface area contributed by atoms with Gasteiger partial charge in [0.1, 0.15) is 23.7 Å². The molecule has 2 aromatic heterocycles. The molecule has 0 bridgehead atoms. The zero-order chi connectivity index (χ0) is 16.2. The average molecular weight is 313 g/mol. The number of aliphatic hydroxyl groups excluding tert-OH is 1. The number of hydrogen-bond acceptors (Lipinski definition) is 5. The third-order valence-corrected chi connectivity index (χ3v) is 3.19. The van der Waals surface area contributed by atoms with Crippen molar-refractivity contribution < 1.29 is 18.7 Å². The van der Waals surface area contributed by atoms with Gasteiger partial charge in [0, 0.05) is 12.5 Å². The number of ketones is 1. The van der Waals surface area contributed by atoms with Crippen molar-refractivity contribution in [1.29, 1.82) is 0 Å². The summed E-state index contributed by atoms with van der Waals surface area (Å²) in [6, 6.07) is 7.60. The number of carbonyl (C=O) groups is 1. The number of halogens is 1. The Labute approximate surface area is 130 Å². The summed E-state index contributed by atoms with van der Waals surface area (Å²) in [5, 5.41) is 16.1. The SMILES string of the molecule is O=C(C=C(O)c1ccoc1Cc1cccc(F)c1)c1ncn[nH]1. The van der Waals surface area contributed by atoms with Gasteiger partial charge in [-0.2, -0.15) is 5.10 Å². The van der Waals surface area contributed by atoms with Crippen molar-refractivity contribution in [2.24, 2.45) is 0 Å². The Balaban J connectivity index is 1.84. The Kier molecular flexibility index (Phi) is 4.01. The van der Waals surface area contributed by atoms with E-state index in [9.17, 15) is 14.3 Å². The van der Waals surface area contributed by atoms with Crippen LogP contribution in [0.1, 0.15) is 27.5 Å². The van der Waals surface area contributed by atoms with Crippen molar-refractivity contribution in [1.82, 2.24) is 15.2 Å². The number of nitrogens with zero attached hydrogens (tertiary/aromatic N) is 2. The highest BCUT2D eigenvalue weighted by Gasteiger charge is 2.14. The number of rotatable bonds is 5. The van der Waals surface area contributed by atoms with Crippen LogP contribution in [0.5, 0.6) is 0 Å². The molecule has 0 aliphatic carbocycles. The molecule has 2 N–H and O–H groups in total. The number of nitrogens with one attached hydrogen (secondary N) is 1. The van der Waals surface area contributed by atoms with E-state index in [1.807, 2.05) is 0 Å². The lowest BCUT2D eigenvalue weighted by Gasteiger charge is -2.03. The van der Waals surface area contributed by atoms with E-state index in [4.69, 9.17) is 4.42 Å². The predicted molar refractivity (Wildman–Crippen MR) is 79.2 cm³/mol. The van der Waals surface area contributed by atoms with E-state index in [1.54, 1.807) is 12.1 Å². The van der Waals surface area contributed by atoms with E-state index in [2.05, 4.69) is 15.2 Å². The Bertz CT molecular complexity index is 853. The first-order valence-corrected chi connectivity index (χ1v) is 6.75. The van der Waals surface area contributed by atoms with Gasteiger partial charge in [-0.05, 0) is 23.8 Å². The average Bonchev–Trinajstić information content (AvgIpc) is 3.18. The second-order valence-corrected chi connectivity index (χ2v) is 4.79. The van der Waals surface area contributed by atoms with Crippen LogP contribution < -0.4 is 0 Å². The van der Waals surface area contributed by atoms with E-state index < -0.39 is 5.78 Å². The molecule has 6 nitrogen and oxygen atoms in total. The van der Waals surface area contributed by atoms with E-state index in [1.165, 1.54) is 30.8 Å². The maximum atomic E-state index is 13.2. The van der Waals surface area contributed by atoms with Crippen LogP contribution in [0.4, 0.5) is 4.39 Å². The van der Waals surface area contributed by atoms with E-state index in [0.29, 0.717) is 16.9 Å². The monoisotopic (exact) mass is 313 g/mol. The lowest BCUT2D eigenvalue weighted by Crippen LogP contribution is -2.00. The highest BCUT2D eigenvalue weighted by Crippen LogP contribution is 2.22. The van der Waals surface area contributed by atoms with Crippen LogP contribution in [0.25, 0.3) is 5.76 Å². The third-order valence-electron chi connectivity index (χ3n) is 3.19. The number of carbonyl (C=O) groups excluding carboxylic acids is 1. The molecule has 0 fully saturated rings. The molecule has 3 rings (SSSR count). The van der Waals surface area contributed by atoms with Crippen LogP contribution >= 0.6 is 0 Å². The molecule has 7 heteroatoms. The lowest BCUT2D eigenvalue weighted by atomic mass is 10.1. The van der Waals surface area contributed by atoms with Crippen LogP contribution in [-0.4, -0.2) is 26.1 Å². The first kappa shape index (κ1) is 14.7.